The monoisotopic (exact) mass is 343 g/mol. The third-order valence-electron chi connectivity index (χ3n) is 5.02. The Morgan fingerprint density at radius 1 is 1.32 bits per heavy atom. The largest absolute Gasteiger partial charge is 0.491 e. The lowest BCUT2D eigenvalue weighted by atomic mass is 10.2. The van der Waals surface area contributed by atoms with Gasteiger partial charge in [-0.1, -0.05) is 23.4 Å². The van der Waals surface area contributed by atoms with Crippen LogP contribution in [0, 0.1) is 6.92 Å². The fourth-order valence-corrected chi connectivity index (χ4v) is 3.44. The summed E-state index contributed by atoms with van der Waals surface area (Å²) in [6.45, 7) is 3.79. The smallest absolute Gasteiger partial charge is 0.229 e. The van der Waals surface area contributed by atoms with E-state index in [-0.39, 0.29) is 12.6 Å². The maximum Gasteiger partial charge on any atom is 0.229 e. The molecule has 0 amide bonds. The Bertz CT molecular complexity index is 713. The minimum atomic E-state index is -0.546. The highest BCUT2D eigenvalue weighted by Gasteiger charge is 2.34. The summed E-state index contributed by atoms with van der Waals surface area (Å²) >= 11 is 0. The summed E-state index contributed by atoms with van der Waals surface area (Å²) < 4.78 is 11.2. The van der Waals surface area contributed by atoms with Crippen molar-refractivity contribution < 1.29 is 14.4 Å². The van der Waals surface area contributed by atoms with E-state index < -0.39 is 6.10 Å². The first kappa shape index (κ1) is 16.5. The Kier molecular flexibility index (Phi) is 4.72. The van der Waals surface area contributed by atoms with E-state index in [0.717, 1.165) is 55.3 Å². The third kappa shape index (κ3) is 3.85. The molecule has 2 aliphatic rings. The molecular formula is C19H25N3O3. The normalized spacial score (nSPS) is 22.2. The second-order valence-corrected chi connectivity index (χ2v) is 7.15. The summed E-state index contributed by atoms with van der Waals surface area (Å²) in [5.74, 6) is 2.85. The van der Waals surface area contributed by atoms with Gasteiger partial charge in [0.1, 0.15) is 18.5 Å². The first-order valence-electron chi connectivity index (χ1n) is 9.15. The zero-order chi connectivity index (χ0) is 17.2. The molecule has 1 aromatic heterocycles. The van der Waals surface area contributed by atoms with Gasteiger partial charge in [0.25, 0.3) is 0 Å². The molecule has 2 aromatic rings. The predicted molar refractivity (Wildman–Crippen MR) is 92.5 cm³/mol. The second kappa shape index (κ2) is 7.14. The van der Waals surface area contributed by atoms with E-state index in [1.807, 2.05) is 31.2 Å². The Morgan fingerprint density at radius 3 is 2.96 bits per heavy atom. The van der Waals surface area contributed by atoms with Gasteiger partial charge in [0.15, 0.2) is 5.82 Å². The third-order valence-corrected chi connectivity index (χ3v) is 5.02. The van der Waals surface area contributed by atoms with E-state index in [1.54, 1.807) is 0 Å². The first-order valence-corrected chi connectivity index (χ1v) is 9.15. The fraction of sp³-hybridized carbons (Fsp3) is 0.579. The highest BCUT2D eigenvalue weighted by Crippen LogP contribution is 2.40. The van der Waals surface area contributed by atoms with Crippen molar-refractivity contribution in [3.63, 3.8) is 0 Å². The molecule has 1 N–H and O–H groups in total. The van der Waals surface area contributed by atoms with E-state index in [9.17, 15) is 5.11 Å². The molecule has 2 fully saturated rings. The SMILES string of the molecule is Cc1ccccc1OC[C@@H](O)CN1CCC[C@H]1c1noc(C2CC2)n1. The number of ether oxygens (including phenoxy) is 1. The number of hydrogen-bond acceptors (Lipinski definition) is 6. The number of aliphatic hydroxyl groups excluding tert-OH is 1. The number of aromatic nitrogens is 2. The van der Waals surface area contributed by atoms with E-state index in [1.165, 1.54) is 0 Å². The molecule has 0 radical (unpaired) electrons. The van der Waals surface area contributed by atoms with Gasteiger partial charge in [-0.15, -0.1) is 0 Å². The van der Waals surface area contributed by atoms with Crippen molar-refractivity contribution in [2.24, 2.45) is 0 Å². The molecule has 1 aromatic carbocycles. The van der Waals surface area contributed by atoms with Crippen molar-refractivity contribution in [3.05, 3.63) is 41.5 Å². The molecule has 1 saturated heterocycles. The van der Waals surface area contributed by atoms with Crippen molar-refractivity contribution in [1.29, 1.82) is 0 Å². The molecular weight excluding hydrogens is 318 g/mol. The van der Waals surface area contributed by atoms with Gasteiger partial charge in [-0.05, 0) is 50.8 Å². The molecule has 0 spiro atoms. The van der Waals surface area contributed by atoms with E-state index >= 15 is 0 Å². The van der Waals surface area contributed by atoms with E-state index in [0.29, 0.717) is 12.5 Å². The molecule has 2 atom stereocenters. The van der Waals surface area contributed by atoms with Gasteiger partial charge in [-0.3, -0.25) is 4.90 Å². The highest BCUT2D eigenvalue weighted by atomic mass is 16.5. The molecule has 1 aliphatic heterocycles. The van der Waals surface area contributed by atoms with E-state index in [2.05, 4.69) is 15.0 Å². The molecule has 6 nitrogen and oxygen atoms in total. The van der Waals surface area contributed by atoms with Crippen molar-refractivity contribution in [2.45, 2.75) is 50.7 Å². The van der Waals surface area contributed by atoms with Gasteiger partial charge in [0.2, 0.25) is 5.89 Å². The van der Waals surface area contributed by atoms with Crippen LogP contribution in [0.3, 0.4) is 0 Å². The number of aryl methyl sites for hydroxylation is 1. The Hall–Kier alpha value is -1.92. The van der Waals surface area contributed by atoms with Crippen LogP contribution in [-0.2, 0) is 0 Å². The average molecular weight is 343 g/mol. The molecule has 4 rings (SSSR count). The lowest BCUT2D eigenvalue weighted by Crippen LogP contribution is -2.35. The number of hydrogen-bond donors (Lipinski definition) is 1. The number of nitrogens with zero attached hydrogens (tertiary/aromatic N) is 3. The quantitative estimate of drug-likeness (QED) is 0.833. The average Bonchev–Trinajstić information content (AvgIpc) is 3.16. The van der Waals surface area contributed by atoms with Crippen molar-refractivity contribution >= 4 is 0 Å². The maximum atomic E-state index is 10.4. The number of para-hydroxylation sites is 1. The number of benzene rings is 1. The van der Waals surface area contributed by atoms with Gasteiger partial charge in [0, 0.05) is 12.5 Å². The standard InChI is InChI=1S/C19H25N3O3/c1-13-5-2-3-7-17(13)24-12-15(23)11-22-10-4-6-16(22)18-20-19(25-21-18)14-8-9-14/h2-3,5,7,14-16,23H,4,6,8-12H2,1H3/t15-,16-/m0/s1. The molecule has 2 heterocycles. The molecule has 0 unspecified atom stereocenters. The van der Waals surface area contributed by atoms with Gasteiger partial charge >= 0.3 is 0 Å². The van der Waals surface area contributed by atoms with Crippen molar-refractivity contribution in [3.8, 4) is 5.75 Å². The van der Waals surface area contributed by atoms with E-state index in [4.69, 9.17) is 9.26 Å². The Balaban J connectivity index is 1.33. The van der Waals surface area contributed by atoms with Crippen LogP contribution < -0.4 is 4.74 Å². The van der Waals surface area contributed by atoms with Gasteiger partial charge in [0.05, 0.1) is 6.04 Å². The number of β-amino-alcohol motifs (C(OH)–C–C–N with tert-alkyl or cyclic N) is 1. The summed E-state index contributed by atoms with van der Waals surface area (Å²) in [5.41, 5.74) is 1.08. The maximum absolute atomic E-state index is 10.4. The minimum absolute atomic E-state index is 0.143. The van der Waals surface area contributed by atoms with Gasteiger partial charge in [-0.25, -0.2) is 0 Å². The summed E-state index contributed by atoms with van der Waals surface area (Å²) in [5, 5.41) is 14.6. The highest BCUT2D eigenvalue weighted by molar-refractivity contribution is 5.31. The van der Waals surface area contributed by atoms with Gasteiger partial charge in [-0.2, -0.15) is 4.98 Å². The van der Waals surface area contributed by atoms with Gasteiger partial charge < -0.3 is 14.4 Å². The first-order chi connectivity index (χ1) is 12.2. The summed E-state index contributed by atoms with van der Waals surface area (Å²) in [6.07, 6.45) is 3.86. The summed E-state index contributed by atoms with van der Waals surface area (Å²) in [7, 11) is 0. The van der Waals surface area contributed by atoms with Crippen LogP contribution in [0.25, 0.3) is 0 Å². The summed E-state index contributed by atoms with van der Waals surface area (Å²) in [6, 6.07) is 8.00. The van der Waals surface area contributed by atoms with Crippen LogP contribution in [0.5, 0.6) is 5.75 Å². The van der Waals surface area contributed by atoms with Crippen molar-refractivity contribution in [2.75, 3.05) is 19.7 Å². The summed E-state index contributed by atoms with van der Waals surface area (Å²) in [4.78, 5) is 6.83. The lowest BCUT2D eigenvalue weighted by molar-refractivity contribution is 0.0621. The number of rotatable bonds is 7. The van der Waals surface area contributed by atoms with Crippen LogP contribution in [0.15, 0.2) is 28.8 Å². The van der Waals surface area contributed by atoms with Crippen LogP contribution in [0.1, 0.15) is 54.9 Å². The number of likely N-dealkylation sites (tertiary alicyclic amines) is 1. The topological polar surface area (TPSA) is 71.6 Å². The zero-order valence-electron chi connectivity index (χ0n) is 14.6. The molecule has 0 bridgehead atoms. The van der Waals surface area contributed by atoms with Crippen molar-refractivity contribution in [1.82, 2.24) is 15.0 Å². The van der Waals surface area contributed by atoms with Crippen LogP contribution in [0.4, 0.5) is 0 Å². The lowest BCUT2D eigenvalue weighted by Gasteiger charge is -2.24. The van der Waals surface area contributed by atoms with Crippen LogP contribution in [-0.4, -0.2) is 45.9 Å². The predicted octanol–water partition coefficient (Wildman–Crippen LogP) is 2.83. The second-order valence-electron chi connectivity index (χ2n) is 7.15. The minimum Gasteiger partial charge on any atom is -0.491 e. The fourth-order valence-electron chi connectivity index (χ4n) is 3.44. The Morgan fingerprint density at radius 2 is 2.16 bits per heavy atom. The molecule has 6 heteroatoms. The molecule has 134 valence electrons. The van der Waals surface area contributed by atoms with Crippen LogP contribution >= 0.6 is 0 Å². The molecule has 1 saturated carbocycles. The molecule has 1 aliphatic carbocycles. The van der Waals surface area contributed by atoms with Crippen LogP contribution in [0.2, 0.25) is 0 Å². The molecule has 25 heavy (non-hydrogen) atoms. The Labute approximate surface area is 147 Å². The zero-order valence-corrected chi connectivity index (χ0v) is 14.6. The number of aliphatic hydroxyl groups is 1.